The van der Waals surface area contributed by atoms with Crippen LogP contribution in [0.25, 0.3) is 0 Å². The Morgan fingerprint density at radius 1 is 0.763 bits per heavy atom. The summed E-state index contributed by atoms with van der Waals surface area (Å²) in [5.41, 5.74) is 2.34. The topological polar surface area (TPSA) is 160 Å². The molecule has 216 valence electrons. The van der Waals surface area contributed by atoms with Crippen LogP contribution in [0.4, 0.5) is 9.59 Å². The fraction of sp³-hybridized carbons (Fsp3) is 0.833. The number of hydrazine groups is 2. The van der Waals surface area contributed by atoms with E-state index in [9.17, 15) is 9.59 Å². The highest BCUT2D eigenvalue weighted by Gasteiger charge is 2.50. The molecule has 0 aromatic rings. The second-order valence-corrected chi connectivity index (χ2v) is 10.8. The van der Waals surface area contributed by atoms with Crippen LogP contribution in [0, 0.1) is 11.8 Å². The van der Waals surface area contributed by atoms with E-state index in [-0.39, 0.29) is 35.3 Å². The maximum atomic E-state index is 13.2. The van der Waals surface area contributed by atoms with Crippen molar-refractivity contribution in [2.45, 2.75) is 103 Å². The Bertz CT molecular complexity index is 798. The van der Waals surface area contributed by atoms with Crippen molar-refractivity contribution in [3.8, 4) is 0 Å². The molecule has 2 atom stereocenters. The number of nitrogens with zero attached hydrogens (tertiary/aromatic N) is 4. The van der Waals surface area contributed by atoms with Crippen molar-refractivity contribution in [2.24, 2.45) is 33.7 Å². The number of azo groups is 1. The standard InChI is InChI=1S/C24H44N8O4S2/c1-5-35-21(33)31(19(37)27-25)23(3,17-13-9-7-10-14-17)29-30-24(4,18-15-11-8-12-16-18)32(20(38)28-26)22(34)36-6-2/h17-18H,5-16,25-26H2,1-4H3,(H,27,37)(H,28,38)/b30-29+. The quantitative estimate of drug-likeness (QED) is 0.142. The first-order chi connectivity index (χ1) is 18.1. The molecule has 2 saturated carbocycles. The van der Waals surface area contributed by atoms with Gasteiger partial charge in [0.15, 0.2) is 21.6 Å². The lowest BCUT2D eigenvalue weighted by Gasteiger charge is -2.46. The van der Waals surface area contributed by atoms with Crippen molar-refractivity contribution in [2.75, 3.05) is 13.2 Å². The van der Waals surface area contributed by atoms with Crippen LogP contribution in [0.15, 0.2) is 10.2 Å². The highest BCUT2D eigenvalue weighted by Crippen LogP contribution is 2.42. The third-order valence-electron chi connectivity index (χ3n) is 7.67. The van der Waals surface area contributed by atoms with Gasteiger partial charge in [-0.3, -0.25) is 0 Å². The van der Waals surface area contributed by atoms with E-state index >= 15 is 0 Å². The molecular formula is C24H44N8O4S2. The van der Waals surface area contributed by atoms with Gasteiger partial charge >= 0.3 is 12.2 Å². The van der Waals surface area contributed by atoms with Crippen LogP contribution in [0.5, 0.6) is 0 Å². The molecule has 0 radical (unpaired) electrons. The molecule has 0 heterocycles. The van der Waals surface area contributed by atoms with E-state index in [1.54, 1.807) is 13.8 Å². The van der Waals surface area contributed by atoms with Crippen LogP contribution in [-0.2, 0) is 9.47 Å². The first-order valence-corrected chi connectivity index (χ1v) is 14.3. The van der Waals surface area contributed by atoms with Crippen molar-refractivity contribution < 1.29 is 19.1 Å². The molecule has 0 bridgehead atoms. The minimum atomic E-state index is -1.25. The predicted octanol–water partition coefficient (Wildman–Crippen LogP) is 4.45. The van der Waals surface area contributed by atoms with E-state index in [0.717, 1.165) is 64.2 Å². The monoisotopic (exact) mass is 572 g/mol. The van der Waals surface area contributed by atoms with Gasteiger partial charge in [-0.05, 0) is 77.8 Å². The molecule has 0 saturated heterocycles. The van der Waals surface area contributed by atoms with Gasteiger partial charge in [0.2, 0.25) is 0 Å². The summed E-state index contributed by atoms with van der Waals surface area (Å²) in [5, 5.41) is 9.68. The molecule has 2 fully saturated rings. The van der Waals surface area contributed by atoms with Crippen molar-refractivity contribution in [3.05, 3.63) is 0 Å². The Morgan fingerprint density at radius 2 is 1.08 bits per heavy atom. The average Bonchev–Trinajstić information content (AvgIpc) is 2.93. The highest BCUT2D eigenvalue weighted by molar-refractivity contribution is 7.80. The Hall–Kier alpha value is -2.16. The summed E-state index contributed by atoms with van der Waals surface area (Å²) in [6.45, 7) is 7.34. The fourth-order valence-corrected chi connectivity index (χ4v) is 6.09. The van der Waals surface area contributed by atoms with E-state index in [2.05, 4.69) is 10.9 Å². The SMILES string of the molecule is CCOC(=O)N(C(=S)NN)C(C)(/N=N/C(C)(C1CCCCC1)N(C(=O)OCC)C(=S)NN)C1CCCCC1. The number of ether oxygens (including phenoxy) is 2. The van der Waals surface area contributed by atoms with E-state index in [0.29, 0.717) is 0 Å². The molecule has 0 spiro atoms. The third kappa shape index (κ3) is 7.27. The summed E-state index contributed by atoms with van der Waals surface area (Å²) in [6, 6.07) is 0. The Morgan fingerprint density at radius 3 is 1.34 bits per heavy atom. The lowest BCUT2D eigenvalue weighted by Crippen LogP contribution is -2.62. The van der Waals surface area contributed by atoms with E-state index in [4.69, 9.17) is 55.8 Å². The molecule has 2 unspecified atom stereocenters. The van der Waals surface area contributed by atoms with Crippen LogP contribution in [0.1, 0.15) is 91.9 Å². The molecule has 2 aliphatic carbocycles. The van der Waals surface area contributed by atoms with Crippen LogP contribution >= 0.6 is 24.4 Å². The molecule has 6 N–H and O–H groups in total. The van der Waals surface area contributed by atoms with Gasteiger partial charge in [0.25, 0.3) is 0 Å². The van der Waals surface area contributed by atoms with Gasteiger partial charge < -0.3 is 20.3 Å². The summed E-state index contributed by atoms with van der Waals surface area (Å²) in [7, 11) is 0. The zero-order chi connectivity index (χ0) is 28.3. The Kier molecular flexibility index (Phi) is 12.5. The van der Waals surface area contributed by atoms with Gasteiger partial charge in [-0.1, -0.05) is 38.5 Å². The number of thiocarbonyl (C=S) groups is 2. The van der Waals surface area contributed by atoms with Gasteiger partial charge in [0.1, 0.15) is 0 Å². The normalized spacial score (nSPS) is 20.1. The molecule has 0 aromatic heterocycles. The number of rotatable bonds is 8. The molecular weight excluding hydrogens is 528 g/mol. The van der Waals surface area contributed by atoms with Gasteiger partial charge in [-0.25, -0.2) is 31.1 Å². The zero-order valence-corrected chi connectivity index (χ0v) is 24.7. The molecule has 2 rings (SSSR count). The molecule has 0 aliphatic heterocycles. The van der Waals surface area contributed by atoms with Gasteiger partial charge in [-0.2, -0.15) is 10.2 Å². The molecule has 38 heavy (non-hydrogen) atoms. The number of nitrogens with two attached hydrogens (primary N) is 2. The summed E-state index contributed by atoms with van der Waals surface area (Å²) in [6.07, 6.45) is 7.97. The highest BCUT2D eigenvalue weighted by atomic mass is 32.1. The number of hydrogen-bond donors (Lipinski definition) is 4. The number of carbonyl (C=O) groups is 2. The summed E-state index contributed by atoms with van der Waals surface area (Å²) in [5.74, 6) is 11.2. The maximum Gasteiger partial charge on any atom is 0.418 e. The van der Waals surface area contributed by atoms with Crippen molar-refractivity contribution in [1.29, 1.82) is 0 Å². The lowest BCUT2D eigenvalue weighted by molar-refractivity contribution is 0.0355. The van der Waals surface area contributed by atoms with Crippen LogP contribution in [-0.4, -0.2) is 56.8 Å². The number of carbonyl (C=O) groups excluding carboxylic acids is 2. The van der Waals surface area contributed by atoms with Crippen molar-refractivity contribution in [3.63, 3.8) is 0 Å². The van der Waals surface area contributed by atoms with Gasteiger partial charge in [0.05, 0.1) is 13.2 Å². The smallest absolute Gasteiger partial charge is 0.418 e. The average molecular weight is 573 g/mol. The minimum absolute atomic E-state index is 0.0313. The summed E-state index contributed by atoms with van der Waals surface area (Å²) >= 11 is 10.9. The number of hydrogen-bond acceptors (Lipinski definition) is 10. The molecule has 2 aliphatic rings. The first kappa shape index (κ1) is 32.1. The van der Waals surface area contributed by atoms with Crippen LogP contribution in [0.2, 0.25) is 0 Å². The predicted molar refractivity (Wildman–Crippen MR) is 152 cm³/mol. The Balaban J connectivity index is 2.71. The fourth-order valence-electron chi connectivity index (χ4n) is 5.57. The first-order valence-electron chi connectivity index (χ1n) is 13.5. The maximum absolute atomic E-state index is 13.2. The molecule has 14 heteroatoms. The van der Waals surface area contributed by atoms with E-state index in [1.807, 2.05) is 13.8 Å². The summed E-state index contributed by atoms with van der Waals surface area (Å²) in [4.78, 5) is 29.0. The molecule has 2 amide bonds. The second-order valence-electron chi connectivity index (χ2n) is 10.0. The Labute approximate surface area is 236 Å². The minimum Gasteiger partial charge on any atom is -0.449 e. The second kappa shape index (κ2) is 14.8. The van der Waals surface area contributed by atoms with Gasteiger partial charge in [0, 0.05) is 11.8 Å². The van der Waals surface area contributed by atoms with Crippen LogP contribution in [0.3, 0.4) is 0 Å². The molecule has 0 aromatic carbocycles. The summed E-state index contributed by atoms with van der Waals surface area (Å²) < 4.78 is 10.7. The van der Waals surface area contributed by atoms with Crippen LogP contribution < -0.4 is 22.5 Å². The number of nitrogens with one attached hydrogen (secondary N) is 2. The molecule has 12 nitrogen and oxygen atoms in total. The number of amides is 2. The lowest BCUT2D eigenvalue weighted by atomic mass is 9.79. The third-order valence-corrected chi connectivity index (χ3v) is 8.27. The zero-order valence-electron chi connectivity index (χ0n) is 23.0. The van der Waals surface area contributed by atoms with E-state index < -0.39 is 23.5 Å². The van der Waals surface area contributed by atoms with Gasteiger partial charge in [-0.15, -0.1) is 0 Å². The van der Waals surface area contributed by atoms with Crippen molar-refractivity contribution >= 4 is 46.8 Å². The largest absolute Gasteiger partial charge is 0.449 e. The van der Waals surface area contributed by atoms with Crippen molar-refractivity contribution in [1.82, 2.24) is 20.7 Å². The van der Waals surface area contributed by atoms with E-state index in [1.165, 1.54) is 9.80 Å².